The van der Waals surface area contributed by atoms with Crippen molar-refractivity contribution in [3.05, 3.63) is 65.2 Å². The largest absolute Gasteiger partial charge is 0.497 e. The van der Waals surface area contributed by atoms with E-state index in [1.807, 2.05) is 0 Å². The van der Waals surface area contributed by atoms with E-state index >= 15 is 0 Å². The first-order valence-corrected chi connectivity index (χ1v) is 13.9. The summed E-state index contributed by atoms with van der Waals surface area (Å²) in [5, 5.41) is 6.18. The number of carbonyl (C=O) groups is 1. The molecule has 0 spiro atoms. The van der Waals surface area contributed by atoms with Crippen LogP contribution in [0.5, 0.6) is 11.6 Å². The van der Waals surface area contributed by atoms with E-state index in [0.29, 0.717) is 0 Å². The fourth-order valence-corrected chi connectivity index (χ4v) is 4.30. The average molecular weight is 646 g/mol. The minimum absolute atomic E-state index is 0.0233. The number of sulfonamides is 1. The number of anilines is 2. The number of carbonyl (C=O) groups excluding carboxylic acids is 1. The average Bonchev–Trinajstić information content (AvgIpc) is 3.33. The van der Waals surface area contributed by atoms with E-state index < -0.39 is 39.5 Å². The van der Waals surface area contributed by atoms with Crippen molar-refractivity contribution in [3.8, 4) is 28.6 Å². The summed E-state index contributed by atoms with van der Waals surface area (Å²) in [6.45, 7) is 1.30. The normalized spacial score (nSPS) is 12.1. The van der Waals surface area contributed by atoms with Crippen LogP contribution in [-0.4, -0.2) is 59.5 Å². The molecule has 3 aromatic heterocycles. The molecular weight excluding hydrogens is 624 g/mol. The van der Waals surface area contributed by atoms with Gasteiger partial charge in [-0.15, -0.1) is 0 Å². The van der Waals surface area contributed by atoms with Gasteiger partial charge in [0.2, 0.25) is 21.9 Å². The highest BCUT2D eigenvalue weighted by molar-refractivity contribution is 7.89. The Labute approximate surface area is 245 Å². The van der Waals surface area contributed by atoms with E-state index in [-0.39, 0.29) is 51.5 Å². The molecule has 0 atom stereocenters. The van der Waals surface area contributed by atoms with Crippen molar-refractivity contribution in [1.82, 2.24) is 29.5 Å². The van der Waals surface area contributed by atoms with Crippen molar-refractivity contribution in [1.29, 1.82) is 0 Å². The molecule has 0 radical (unpaired) electrons. The Morgan fingerprint density at radius 2 is 1.64 bits per heavy atom. The van der Waals surface area contributed by atoms with E-state index in [0.717, 1.165) is 54.7 Å². The number of aromatic nitrogens is 5. The van der Waals surface area contributed by atoms with Crippen LogP contribution in [-0.2, 0) is 22.4 Å². The van der Waals surface area contributed by atoms with E-state index in [4.69, 9.17) is 9.47 Å². The maximum atomic E-state index is 13.5. The minimum Gasteiger partial charge on any atom is -0.497 e. The van der Waals surface area contributed by atoms with Gasteiger partial charge in [0.05, 0.1) is 26.0 Å². The van der Waals surface area contributed by atoms with Gasteiger partial charge in [-0.1, -0.05) is 0 Å². The zero-order valence-electron chi connectivity index (χ0n) is 23.0. The molecular formula is C25H21F6N7O5S. The second-order valence-corrected chi connectivity index (χ2v) is 10.8. The second kappa shape index (κ2) is 11.6. The Morgan fingerprint density at radius 1 is 0.932 bits per heavy atom. The second-order valence-electron chi connectivity index (χ2n) is 9.07. The molecule has 0 fully saturated rings. The summed E-state index contributed by atoms with van der Waals surface area (Å²) in [5.41, 5.74) is -2.89. The van der Waals surface area contributed by atoms with E-state index in [1.165, 1.54) is 20.1 Å². The summed E-state index contributed by atoms with van der Waals surface area (Å²) in [7, 11) is -1.68. The van der Waals surface area contributed by atoms with Gasteiger partial charge >= 0.3 is 12.4 Å². The number of alkyl halides is 6. The lowest BCUT2D eigenvalue weighted by Crippen LogP contribution is -2.29. The quantitative estimate of drug-likeness (QED) is 0.262. The number of halogens is 6. The number of methoxy groups -OCH3 is 2. The first-order valence-electron chi connectivity index (χ1n) is 12.0. The maximum absolute atomic E-state index is 13.5. The summed E-state index contributed by atoms with van der Waals surface area (Å²) in [4.78, 5) is 25.0. The number of aryl methyl sites for hydroxylation is 1. The van der Waals surface area contributed by atoms with Gasteiger partial charge in [-0.25, -0.2) is 27.8 Å². The number of hydrogen-bond donors (Lipinski definition) is 2. The van der Waals surface area contributed by atoms with Gasteiger partial charge in [-0.3, -0.25) is 4.79 Å². The standard InChI is InChI=1S/C25H21F6N7O5S/c1-12-5-19(25(29,30)31)36-38(12)20-18(13-6-17(22(43-3)32-10-13)21(39)37-44(4,40)41)11-33-23(35-20)34-15-7-14(24(26,27)28)8-16(9-15)42-2/h5-11H,1-4H3,(H,37,39)(H,33,34,35). The lowest BCUT2D eigenvalue weighted by atomic mass is 10.1. The highest BCUT2D eigenvalue weighted by Gasteiger charge is 2.35. The highest BCUT2D eigenvalue weighted by Crippen LogP contribution is 2.36. The monoisotopic (exact) mass is 645 g/mol. The topological polar surface area (TPSA) is 150 Å². The molecule has 19 heteroatoms. The third-order valence-corrected chi connectivity index (χ3v) is 6.31. The summed E-state index contributed by atoms with van der Waals surface area (Å²) in [6.07, 6.45) is -6.57. The molecule has 234 valence electrons. The number of rotatable bonds is 8. The maximum Gasteiger partial charge on any atom is 0.435 e. The van der Waals surface area contributed by atoms with Crippen LogP contribution in [0.25, 0.3) is 16.9 Å². The molecule has 0 saturated carbocycles. The molecule has 0 unspecified atom stereocenters. The molecule has 0 aliphatic rings. The van der Waals surface area contributed by atoms with Gasteiger partial charge in [0, 0.05) is 41.0 Å². The molecule has 12 nitrogen and oxygen atoms in total. The Hall–Kier alpha value is -4.94. The van der Waals surface area contributed by atoms with E-state index in [9.17, 15) is 39.6 Å². The van der Waals surface area contributed by atoms with Crippen molar-refractivity contribution >= 4 is 27.6 Å². The number of pyridine rings is 1. The zero-order chi connectivity index (χ0) is 32.6. The van der Waals surface area contributed by atoms with Gasteiger partial charge in [-0.05, 0) is 31.2 Å². The van der Waals surface area contributed by atoms with Crippen LogP contribution in [0.2, 0.25) is 0 Å². The Balaban J connectivity index is 1.90. The molecule has 0 aliphatic carbocycles. The summed E-state index contributed by atoms with van der Waals surface area (Å²) < 4.78 is 117. The van der Waals surface area contributed by atoms with Crippen molar-refractivity contribution < 1.29 is 49.0 Å². The van der Waals surface area contributed by atoms with Crippen LogP contribution in [0.4, 0.5) is 38.0 Å². The third-order valence-electron chi connectivity index (χ3n) is 5.75. The molecule has 4 rings (SSSR count). The summed E-state index contributed by atoms with van der Waals surface area (Å²) in [6, 6.07) is 4.62. The van der Waals surface area contributed by atoms with Crippen molar-refractivity contribution in [3.63, 3.8) is 0 Å². The smallest absolute Gasteiger partial charge is 0.435 e. The van der Waals surface area contributed by atoms with E-state index in [2.05, 4.69) is 25.4 Å². The molecule has 1 amide bonds. The number of nitrogens with one attached hydrogen (secondary N) is 2. The van der Waals surface area contributed by atoms with Gasteiger partial charge < -0.3 is 14.8 Å². The fourth-order valence-electron chi connectivity index (χ4n) is 3.86. The highest BCUT2D eigenvalue weighted by atomic mass is 32.2. The van der Waals surface area contributed by atoms with Crippen molar-refractivity contribution in [2.75, 3.05) is 25.8 Å². The molecule has 4 aromatic rings. The number of ether oxygens (including phenoxy) is 2. The first kappa shape index (κ1) is 32.0. The predicted octanol–water partition coefficient (Wildman–Crippen LogP) is 4.52. The SMILES string of the molecule is COc1cc(Nc2ncc(-c3cnc(OC)c(C(=O)NS(C)(=O)=O)c3)c(-n3nc(C(F)(F)F)cc3C)n2)cc(C(F)(F)F)c1. The molecule has 0 bridgehead atoms. The lowest BCUT2D eigenvalue weighted by Gasteiger charge is -2.15. The number of nitrogens with zero attached hydrogens (tertiary/aromatic N) is 5. The Kier molecular flexibility index (Phi) is 8.45. The van der Waals surface area contributed by atoms with Crippen LogP contribution < -0.4 is 19.5 Å². The lowest BCUT2D eigenvalue weighted by molar-refractivity contribution is -0.141. The van der Waals surface area contributed by atoms with Crippen LogP contribution >= 0.6 is 0 Å². The van der Waals surface area contributed by atoms with Crippen molar-refractivity contribution in [2.24, 2.45) is 0 Å². The summed E-state index contributed by atoms with van der Waals surface area (Å²) in [5.74, 6) is -2.18. The zero-order valence-corrected chi connectivity index (χ0v) is 23.8. The van der Waals surface area contributed by atoms with Crippen LogP contribution in [0.3, 0.4) is 0 Å². The summed E-state index contributed by atoms with van der Waals surface area (Å²) >= 11 is 0. The van der Waals surface area contributed by atoms with Crippen LogP contribution in [0.15, 0.2) is 42.7 Å². The van der Waals surface area contributed by atoms with E-state index in [1.54, 1.807) is 4.72 Å². The predicted molar refractivity (Wildman–Crippen MR) is 142 cm³/mol. The van der Waals surface area contributed by atoms with Crippen LogP contribution in [0, 0.1) is 6.92 Å². The van der Waals surface area contributed by atoms with Gasteiger partial charge in [0.15, 0.2) is 11.5 Å². The molecule has 0 saturated heterocycles. The molecule has 1 aromatic carbocycles. The molecule has 3 heterocycles. The van der Waals surface area contributed by atoms with Gasteiger partial charge in [0.1, 0.15) is 11.3 Å². The number of benzene rings is 1. The number of hydrogen-bond acceptors (Lipinski definition) is 10. The van der Waals surface area contributed by atoms with Gasteiger partial charge in [0.25, 0.3) is 5.91 Å². The molecule has 44 heavy (non-hydrogen) atoms. The fraction of sp³-hybridized carbons (Fsp3) is 0.240. The molecule has 2 N–H and O–H groups in total. The minimum atomic E-state index is -4.84. The van der Waals surface area contributed by atoms with Crippen molar-refractivity contribution in [2.45, 2.75) is 19.3 Å². The Bertz CT molecular complexity index is 1840. The van der Waals surface area contributed by atoms with Gasteiger partial charge in [-0.2, -0.15) is 36.4 Å². The first-order chi connectivity index (χ1) is 20.4. The third kappa shape index (κ3) is 7.16. The molecule has 0 aliphatic heterocycles. The number of amides is 1. The van der Waals surface area contributed by atoms with Crippen LogP contribution in [0.1, 0.15) is 27.3 Å². The Morgan fingerprint density at radius 3 is 2.20 bits per heavy atom.